The highest BCUT2D eigenvalue weighted by atomic mass is 16.2. The Morgan fingerprint density at radius 1 is 1.36 bits per heavy atom. The molecule has 0 bridgehead atoms. The minimum absolute atomic E-state index is 0.163. The molecular formula is C14H17N9O2. The van der Waals surface area contributed by atoms with Gasteiger partial charge in [0, 0.05) is 19.1 Å². The van der Waals surface area contributed by atoms with E-state index in [0.29, 0.717) is 24.6 Å². The lowest BCUT2D eigenvalue weighted by atomic mass is 10.0. The van der Waals surface area contributed by atoms with Gasteiger partial charge in [-0.15, -0.1) is 5.10 Å². The molecule has 11 nitrogen and oxygen atoms in total. The number of fused-ring (bicyclic) bond motifs is 1. The van der Waals surface area contributed by atoms with Crippen molar-refractivity contribution in [2.45, 2.75) is 18.9 Å². The molecule has 0 unspecified atom stereocenters. The number of nitrogen functional groups attached to an aromatic ring is 1. The Morgan fingerprint density at radius 2 is 2.16 bits per heavy atom. The van der Waals surface area contributed by atoms with Gasteiger partial charge in [-0.2, -0.15) is 4.98 Å². The highest BCUT2D eigenvalue weighted by Gasteiger charge is 2.25. The van der Waals surface area contributed by atoms with Crippen molar-refractivity contribution in [1.29, 1.82) is 0 Å². The summed E-state index contributed by atoms with van der Waals surface area (Å²) < 4.78 is 1.36. The van der Waals surface area contributed by atoms with Gasteiger partial charge in [0.15, 0.2) is 0 Å². The number of carbonyl (C=O) groups is 1. The number of anilines is 2. The predicted octanol–water partition coefficient (Wildman–Crippen LogP) is -0.560. The van der Waals surface area contributed by atoms with Gasteiger partial charge in [-0.1, -0.05) is 0 Å². The summed E-state index contributed by atoms with van der Waals surface area (Å²) in [6, 6.07) is 1.80. The van der Waals surface area contributed by atoms with Crippen LogP contribution in [0.15, 0.2) is 23.4 Å². The quantitative estimate of drug-likeness (QED) is 0.498. The van der Waals surface area contributed by atoms with Crippen molar-refractivity contribution in [1.82, 2.24) is 34.4 Å². The Labute approximate surface area is 141 Å². The molecule has 25 heavy (non-hydrogen) atoms. The summed E-state index contributed by atoms with van der Waals surface area (Å²) in [6.07, 6.45) is 4.46. The Morgan fingerprint density at radius 3 is 2.88 bits per heavy atom. The molecule has 3 aromatic rings. The fourth-order valence-electron chi connectivity index (χ4n) is 2.98. The highest BCUT2D eigenvalue weighted by Crippen LogP contribution is 2.16. The lowest BCUT2D eigenvalue weighted by molar-refractivity contribution is 0.0712. The second kappa shape index (κ2) is 5.92. The second-order valence-electron chi connectivity index (χ2n) is 5.93. The van der Waals surface area contributed by atoms with Crippen LogP contribution in [0, 0.1) is 0 Å². The maximum Gasteiger partial charge on any atom is 0.331 e. The molecule has 1 aliphatic rings. The molecular weight excluding hydrogens is 326 g/mol. The van der Waals surface area contributed by atoms with Gasteiger partial charge in [0.1, 0.15) is 12.0 Å². The van der Waals surface area contributed by atoms with Crippen molar-refractivity contribution in [3.05, 3.63) is 34.8 Å². The Kier molecular flexibility index (Phi) is 3.60. The second-order valence-corrected chi connectivity index (χ2v) is 5.93. The van der Waals surface area contributed by atoms with Crippen molar-refractivity contribution in [3.63, 3.8) is 0 Å². The smallest absolute Gasteiger partial charge is 0.331 e. The van der Waals surface area contributed by atoms with Crippen molar-refractivity contribution in [3.8, 4) is 0 Å². The number of nitrogens with zero attached hydrogens (tertiary/aromatic N) is 5. The molecule has 1 aliphatic heterocycles. The molecule has 0 atom stereocenters. The van der Waals surface area contributed by atoms with Crippen molar-refractivity contribution in [2.24, 2.45) is 0 Å². The zero-order valence-corrected chi connectivity index (χ0v) is 13.3. The first-order valence-electron chi connectivity index (χ1n) is 7.89. The van der Waals surface area contributed by atoms with Crippen molar-refractivity contribution in [2.75, 3.05) is 24.1 Å². The van der Waals surface area contributed by atoms with Gasteiger partial charge in [0.05, 0.1) is 11.7 Å². The number of likely N-dealkylation sites (tertiary alicyclic amines) is 1. The van der Waals surface area contributed by atoms with E-state index in [1.165, 1.54) is 10.7 Å². The van der Waals surface area contributed by atoms with E-state index in [9.17, 15) is 9.59 Å². The number of carbonyl (C=O) groups excluding carboxylic acids is 1. The lowest BCUT2D eigenvalue weighted by Gasteiger charge is -2.32. The third kappa shape index (κ3) is 2.91. The van der Waals surface area contributed by atoms with E-state index in [-0.39, 0.29) is 29.3 Å². The highest BCUT2D eigenvalue weighted by molar-refractivity contribution is 5.93. The van der Waals surface area contributed by atoms with Crippen LogP contribution in [0.2, 0.25) is 0 Å². The number of aromatic amines is 2. The van der Waals surface area contributed by atoms with Crippen LogP contribution >= 0.6 is 0 Å². The number of imidazole rings is 1. The van der Waals surface area contributed by atoms with Crippen molar-refractivity contribution < 1.29 is 4.79 Å². The number of amides is 1. The first kappa shape index (κ1) is 15.2. The average Bonchev–Trinajstić information content (AvgIpc) is 3.24. The maximum absolute atomic E-state index is 12.6. The SMILES string of the molecule is Nc1nc(NC2CCN(C(=O)c3cc4cncn4c(=O)[nH]3)CC2)n[nH]1. The molecule has 130 valence electrons. The van der Waals surface area contributed by atoms with Crippen molar-refractivity contribution >= 4 is 23.3 Å². The number of H-pyrrole nitrogens is 2. The van der Waals surface area contributed by atoms with Gasteiger partial charge in [-0.05, 0) is 18.9 Å². The van der Waals surface area contributed by atoms with Crippen LogP contribution in [0.4, 0.5) is 11.9 Å². The van der Waals surface area contributed by atoms with E-state index in [2.05, 4.69) is 30.5 Å². The third-order valence-corrected chi connectivity index (χ3v) is 4.27. The Hall–Kier alpha value is -3.37. The topological polar surface area (TPSA) is 150 Å². The number of rotatable bonds is 3. The summed E-state index contributed by atoms with van der Waals surface area (Å²) in [7, 11) is 0. The molecule has 1 amide bonds. The third-order valence-electron chi connectivity index (χ3n) is 4.27. The van der Waals surface area contributed by atoms with Crippen LogP contribution in [0.3, 0.4) is 0 Å². The summed E-state index contributed by atoms with van der Waals surface area (Å²) in [5, 5.41) is 9.71. The van der Waals surface area contributed by atoms with Crippen LogP contribution in [0.25, 0.3) is 5.52 Å². The van der Waals surface area contributed by atoms with E-state index < -0.39 is 0 Å². The van der Waals surface area contributed by atoms with Gasteiger partial charge in [0.25, 0.3) is 5.91 Å². The summed E-state index contributed by atoms with van der Waals surface area (Å²) >= 11 is 0. The minimum atomic E-state index is -0.378. The average molecular weight is 343 g/mol. The van der Waals surface area contributed by atoms with Crippen LogP contribution in [0.1, 0.15) is 23.3 Å². The first-order chi connectivity index (χ1) is 12.1. The molecule has 4 rings (SSSR count). The van der Waals surface area contributed by atoms with Gasteiger partial charge < -0.3 is 20.9 Å². The van der Waals surface area contributed by atoms with E-state index in [0.717, 1.165) is 12.8 Å². The molecule has 0 spiro atoms. The predicted molar refractivity (Wildman–Crippen MR) is 89.2 cm³/mol. The molecule has 3 aromatic heterocycles. The van der Waals surface area contributed by atoms with Gasteiger partial charge in [-0.25, -0.2) is 14.9 Å². The fourth-order valence-corrected chi connectivity index (χ4v) is 2.98. The van der Waals surface area contributed by atoms with Crippen LogP contribution in [0.5, 0.6) is 0 Å². The maximum atomic E-state index is 12.6. The summed E-state index contributed by atoms with van der Waals surface area (Å²) in [5.74, 6) is 0.522. The van der Waals surface area contributed by atoms with Crippen LogP contribution < -0.4 is 16.7 Å². The molecule has 11 heteroatoms. The van der Waals surface area contributed by atoms with E-state index in [4.69, 9.17) is 5.73 Å². The molecule has 4 heterocycles. The number of piperidine rings is 1. The van der Waals surface area contributed by atoms with E-state index >= 15 is 0 Å². The molecule has 1 fully saturated rings. The monoisotopic (exact) mass is 343 g/mol. The number of hydrogen-bond donors (Lipinski definition) is 4. The summed E-state index contributed by atoms with van der Waals surface area (Å²) in [5.41, 5.74) is 5.98. The Bertz CT molecular complexity index is 964. The van der Waals surface area contributed by atoms with E-state index in [1.54, 1.807) is 17.2 Å². The van der Waals surface area contributed by atoms with Gasteiger partial charge in [-0.3, -0.25) is 9.20 Å². The van der Waals surface area contributed by atoms with Crippen LogP contribution in [-0.4, -0.2) is 59.5 Å². The van der Waals surface area contributed by atoms with E-state index in [1.807, 2.05) is 0 Å². The molecule has 1 saturated heterocycles. The number of aromatic nitrogens is 6. The standard InChI is InChI=1S/C14H17N9O2/c15-12-19-13(21-20-12)17-8-1-3-22(4-2-8)11(24)10-5-9-6-16-7-23(9)14(25)18-10/h5-8H,1-4H2,(H,18,25)(H4,15,17,19,20,21). The fraction of sp³-hybridized carbons (Fsp3) is 0.357. The summed E-state index contributed by atoms with van der Waals surface area (Å²) in [4.78, 5) is 36.9. The number of nitrogens with two attached hydrogens (primary N) is 1. The normalized spacial score (nSPS) is 15.6. The largest absolute Gasteiger partial charge is 0.368 e. The van der Waals surface area contributed by atoms with Gasteiger partial charge >= 0.3 is 5.69 Å². The Balaban J connectivity index is 1.42. The molecule has 0 aromatic carbocycles. The zero-order chi connectivity index (χ0) is 17.4. The molecule has 0 aliphatic carbocycles. The van der Waals surface area contributed by atoms with Gasteiger partial charge in [0.2, 0.25) is 11.9 Å². The summed E-state index contributed by atoms with van der Waals surface area (Å²) in [6.45, 7) is 1.14. The number of nitrogens with one attached hydrogen (secondary N) is 3. The van der Waals surface area contributed by atoms with Crippen LogP contribution in [-0.2, 0) is 0 Å². The molecule has 0 radical (unpaired) electrons. The zero-order valence-electron chi connectivity index (χ0n) is 13.3. The molecule has 5 N–H and O–H groups in total. The minimum Gasteiger partial charge on any atom is -0.368 e. The molecule has 0 saturated carbocycles. The lowest BCUT2D eigenvalue weighted by Crippen LogP contribution is -2.43. The first-order valence-corrected chi connectivity index (χ1v) is 7.89. The number of hydrogen-bond acceptors (Lipinski definition) is 7.